The van der Waals surface area contributed by atoms with Crippen LogP contribution < -0.4 is 5.32 Å². The van der Waals surface area contributed by atoms with E-state index in [2.05, 4.69) is 49.6 Å². The average Bonchev–Trinajstić information content (AvgIpc) is 3.19. The Morgan fingerprint density at radius 3 is 2.71 bits per heavy atom. The summed E-state index contributed by atoms with van der Waals surface area (Å²) in [7, 11) is 0. The van der Waals surface area contributed by atoms with Crippen molar-refractivity contribution in [3.05, 3.63) is 53.7 Å². The Labute approximate surface area is 184 Å². The molecular formula is C23H23ClN6O. The van der Waals surface area contributed by atoms with Crippen molar-refractivity contribution in [2.45, 2.75) is 37.7 Å². The zero-order valence-corrected chi connectivity index (χ0v) is 17.8. The lowest BCUT2D eigenvalue weighted by molar-refractivity contribution is 0.120. The van der Waals surface area contributed by atoms with Crippen LogP contribution in [0.4, 0.5) is 5.69 Å². The van der Waals surface area contributed by atoms with Gasteiger partial charge in [0.05, 0.1) is 35.6 Å². The number of nitrogens with zero attached hydrogens (tertiary/aromatic N) is 4. The van der Waals surface area contributed by atoms with Crippen LogP contribution in [0.1, 0.15) is 37.4 Å². The summed E-state index contributed by atoms with van der Waals surface area (Å²) >= 11 is 6.33. The van der Waals surface area contributed by atoms with Gasteiger partial charge in [0.2, 0.25) is 0 Å². The minimum atomic E-state index is 0.233. The van der Waals surface area contributed by atoms with Gasteiger partial charge in [-0.25, -0.2) is 14.5 Å². The predicted octanol–water partition coefficient (Wildman–Crippen LogP) is 4.91. The van der Waals surface area contributed by atoms with Gasteiger partial charge in [-0.3, -0.25) is 0 Å². The molecule has 0 radical (unpaired) electrons. The Morgan fingerprint density at radius 1 is 1.10 bits per heavy atom. The first-order valence-electron chi connectivity index (χ1n) is 10.8. The van der Waals surface area contributed by atoms with Gasteiger partial charge in [0.15, 0.2) is 10.8 Å². The fraction of sp³-hybridized carbons (Fsp3) is 0.348. The van der Waals surface area contributed by atoms with Gasteiger partial charge in [-0.15, -0.1) is 0 Å². The van der Waals surface area contributed by atoms with Crippen molar-refractivity contribution in [1.82, 2.24) is 24.6 Å². The molecule has 7 nitrogen and oxygen atoms in total. The van der Waals surface area contributed by atoms with Crippen molar-refractivity contribution >= 4 is 22.9 Å². The highest BCUT2D eigenvalue weighted by Crippen LogP contribution is 2.39. The van der Waals surface area contributed by atoms with Gasteiger partial charge in [0.1, 0.15) is 5.82 Å². The molecule has 1 aromatic carbocycles. The van der Waals surface area contributed by atoms with E-state index < -0.39 is 0 Å². The molecule has 0 bridgehead atoms. The van der Waals surface area contributed by atoms with Crippen LogP contribution in [0.5, 0.6) is 0 Å². The van der Waals surface area contributed by atoms with Crippen LogP contribution in [0.2, 0.25) is 5.15 Å². The Hall–Kier alpha value is -2.90. The van der Waals surface area contributed by atoms with Crippen LogP contribution in [0.25, 0.3) is 28.2 Å². The van der Waals surface area contributed by atoms with E-state index in [9.17, 15) is 0 Å². The summed E-state index contributed by atoms with van der Waals surface area (Å²) in [5.41, 5.74) is 5.70. The summed E-state index contributed by atoms with van der Waals surface area (Å²) in [6.45, 7) is 1.57. The topological polar surface area (TPSA) is 80.1 Å². The quantitative estimate of drug-likeness (QED) is 0.450. The molecule has 1 aliphatic carbocycles. The zero-order chi connectivity index (χ0) is 20.8. The van der Waals surface area contributed by atoms with Gasteiger partial charge in [-0.2, -0.15) is 5.10 Å². The number of hydrogen-bond acceptors (Lipinski definition) is 5. The van der Waals surface area contributed by atoms with Crippen molar-refractivity contribution in [3.8, 4) is 22.5 Å². The number of benzene rings is 1. The second kappa shape index (κ2) is 7.66. The molecule has 4 aromatic rings. The first kappa shape index (κ1) is 18.8. The van der Waals surface area contributed by atoms with Crippen LogP contribution in [-0.4, -0.2) is 43.8 Å². The summed E-state index contributed by atoms with van der Waals surface area (Å²) in [5.74, 6) is 1.72. The van der Waals surface area contributed by atoms with Crippen molar-refractivity contribution < 1.29 is 4.74 Å². The maximum Gasteiger partial charge on any atom is 0.177 e. The third-order valence-electron chi connectivity index (χ3n) is 6.03. The minimum absolute atomic E-state index is 0.233. The molecule has 2 N–H and O–H groups in total. The number of halogens is 1. The Kier molecular flexibility index (Phi) is 4.65. The van der Waals surface area contributed by atoms with Gasteiger partial charge in [-0.1, -0.05) is 35.9 Å². The van der Waals surface area contributed by atoms with Gasteiger partial charge >= 0.3 is 0 Å². The number of imidazole rings is 2. The zero-order valence-electron chi connectivity index (χ0n) is 17.0. The van der Waals surface area contributed by atoms with E-state index in [-0.39, 0.29) is 6.10 Å². The fourth-order valence-corrected chi connectivity index (χ4v) is 4.35. The number of aromatic amines is 1. The number of rotatable bonds is 6. The van der Waals surface area contributed by atoms with Crippen molar-refractivity contribution in [2.24, 2.45) is 0 Å². The van der Waals surface area contributed by atoms with E-state index in [1.54, 1.807) is 4.52 Å². The third kappa shape index (κ3) is 3.68. The van der Waals surface area contributed by atoms with Crippen LogP contribution in [-0.2, 0) is 4.74 Å². The van der Waals surface area contributed by atoms with Gasteiger partial charge < -0.3 is 15.0 Å². The molecule has 1 saturated carbocycles. The monoisotopic (exact) mass is 434 g/mol. The van der Waals surface area contributed by atoms with E-state index in [1.807, 2.05) is 18.5 Å². The molecular weight excluding hydrogens is 412 g/mol. The van der Waals surface area contributed by atoms with Crippen LogP contribution in [0.15, 0.2) is 42.7 Å². The van der Waals surface area contributed by atoms with Crippen LogP contribution >= 0.6 is 11.6 Å². The molecule has 0 amide bonds. The highest BCUT2D eigenvalue weighted by Gasteiger charge is 2.26. The predicted molar refractivity (Wildman–Crippen MR) is 120 cm³/mol. The molecule has 6 rings (SSSR count). The molecule has 3 aromatic heterocycles. The van der Waals surface area contributed by atoms with E-state index in [0.717, 1.165) is 65.7 Å². The number of nitrogens with one attached hydrogen (secondary N) is 2. The lowest BCUT2D eigenvalue weighted by Crippen LogP contribution is -2.19. The molecule has 158 valence electrons. The average molecular weight is 435 g/mol. The number of anilines is 1. The number of aromatic nitrogens is 5. The van der Waals surface area contributed by atoms with E-state index >= 15 is 0 Å². The summed E-state index contributed by atoms with van der Waals surface area (Å²) < 4.78 is 7.51. The highest BCUT2D eigenvalue weighted by atomic mass is 35.5. The second-order valence-corrected chi connectivity index (χ2v) is 8.70. The highest BCUT2D eigenvalue weighted by molar-refractivity contribution is 6.29. The van der Waals surface area contributed by atoms with Gasteiger partial charge in [-0.05, 0) is 31.2 Å². The van der Waals surface area contributed by atoms with E-state index in [0.29, 0.717) is 11.1 Å². The van der Waals surface area contributed by atoms with Crippen LogP contribution in [0, 0.1) is 0 Å². The number of hydrogen-bond donors (Lipinski definition) is 2. The molecule has 2 fully saturated rings. The lowest BCUT2D eigenvalue weighted by atomic mass is 10.1. The van der Waals surface area contributed by atoms with Gasteiger partial charge in [0, 0.05) is 30.7 Å². The Balaban J connectivity index is 1.28. The normalized spacial score (nSPS) is 18.7. The molecule has 8 heteroatoms. The summed E-state index contributed by atoms with van der Waals surface area (Å²) in [6.07, 6.45) is 8.66. The van der Waals surface area contributed by atoms with Crippen molar-refractivity contribution in [1.29, 1.82) is 0 Å². The molecule has 1 atom stereocenters. The summed E-state index contributed by atoms with van der Waals surface area (Å²) in [5, 5.41) is 8.35. The number of fused-ring (bicyclic) bond motifs is 1. The maximum absolute atomic E-state index is 6.33. The Morgan fingerprint density at radius 2 is 1.94 bits per heavy atom. The molecule has 2 aliphatic rings. The minimum Gasteiger partial charge on any atom is -0.379 e. The molecule has 0 spiro atoms. The van der Waals surface area contributed by atoms with Crippen molar-refractivity contribution in [2.75, 3.05) is 18.5 Å². The molecule has 1 unspecified atom stereocenters. The number of ether oxygens (including phenoxy) is 1. The summed E-state index contributed by atoms with van der Waals surface area (Å²) in [6, 6.07) is 10.2. The standard InChI is InChI=1S/C23H23ClN6O/c24-21-10-18(25-11-17-2-1-9-31-17)23-27-13-20(30(23)29-21)15-5-3-14(4-6-15)19-12-26-22(28-19)16-7-8-16/h3-6,10,12-13,16-17,25H,1-2,7-9,11H2,(H,26,28). The lowest BCUT2D eigenvalue weighted by Gasteiger charge is -2.13. The molecule has 4 heterocycles. The fourth-order valence-electron chi connectivity index (χ4n) is 4.16. The van der Waals surface area contributed by atoms with E-state index in [4.69, 9.17) is 16.3 Å². The van der Waals surface area contributed by atoms with Gasteiger partial charge in [0.25, 0.3) is 0 Å². The van der Waals surface area contributed by atoms with E-state index in [1.165, 1.54) is 12.8 Å². The third-order valence-corrected chi connectivity index (χ3v) is 6.22. The van der Waals surface area contributed by atoms with Crippen LogP contribution in [0.3, 0.4) is 0 Å². The molecule has 31 heavy (non-hydrogen) atoms. The molecule has 1 saturated heterocycles. The number of H-pyrrole nitrogens is 1. The smallest absolute Gasteiger partial charge is 0.177 e. The largest absolute Gasteiger partial charge is 0.379 e. The molecule has 1 aliphatic heterocycles. The first-order valence-corrected chi connectivity index (χ1v) is 11.2. The van der Waals surface area contributed by atoms with Crippen molar-refractivity contribution in [3.63, 3.8) is 0 Å². The maximum atomic E-state index is 6.33. The SMILES string of the molecule is Clc1cc(NCC2CCCO2)c2ncc(-c3ccc(-c4cnc(C5CC5)[nH]4)cc3)n2n1. The second-order valence-electron chi connectivity index (χ2n) is 8.31. The Bertz CT molecular complexity index is 1220. The first-order chi connectivity index (χ1) is 15.2. The summed E-state index contributed by atoms with van der Waals surface area (Å²) in [4.78, 5) is 12.6.